The van der Waals surface area contributed by atoms with E-state index in [1.54, 1.807) is 18.4 Å². The van der Waals surface area contributed by atoms with Crippen molar-refractivity contribution < 1.29 is 27.9 Å². The third-order valence-corrected chi connectivity index (χ3v) is 7.58. The van der Waals surface area contributed by atoms with Crippen molar-refractivity contribution in [3.05, 3.63) is 162 Å². The SMILES string of the molecule is O=C1OC(CCCc2ccc(OCc3coc(/C=C/C=C/c4ccccc4)n3)cc2)C(=O)N1Cc1coc(/C=C/C=C/c2ccccc2)n1. The highest BCUT2D eigenvalue weighted by Crippen LogP contribution is 2.22. The molecule has 3 aromatic carbocycles. The highest BCUT2D eigenvalue weighted by molar-refractivity contribution is 5.99. The summed E-state index contributed by atoms with van der Waals surface area (Å²) in [5.74, 6) is 1.23. The third kappa shape index (κ3) is 9.65. The molecule has 49 heavy (non-hydrogen) atoms. The minimum atomic E-state index is -0.813. The van der Waals surface area contributed by atoms with E-state index in [4.69, 9.17) is 18.3 Å². The topological polar surface area (TPSA) is 108 Å². The average Bonchev–Trinajstić information content (AvgIpc) is 3.86. The first-order valence-electron chi connectivity index (χ1n) is 16.0. The molecule has 0 radical (unpaired) electrons. The second-order valence-corrected chi connectivity index (χ2v) is 11.2. The van der Waals surface area contributed by atoms with E-state index in [1.807, 2.05) is 121 Å². The van der Waals surface area contributed by atoms with Gasteiger partial charge in [-0.05, 0) is 48.1 Å². The summed E-state index contributed by atoms with van der Waals surface area (Å²) in [6.07, 6.45) is 18.4. The minimum Gasteiger partial charge on any atom is -0.487 e. The first kappa shape index (κ1) is 32.7. The predicted octanol–water partition coefficient (Wildman–Crippen LogP) is 8.57. The zero-order valence-electron chi connectivity index (χ0n) is 26.8. The van der Waals surface area contributed by atoms with Gasteiger partial charge in [-0.1, -0.05) is 109 Å². The quantitative estimate of drug-likeness (QED) is 0.103. The van der Waals surface area contributed by atoms with Crippen molar-refractivity contribution in [2.45, 2.75) is 38.5 Å². The van der Waals surface area contributed by atoms with Gasteiger partial charge in [0.2, 0.25) is 11.8 Å². The van der Waals surface area contributed by atoms with Crippen LogP contribution in [-0.4, -0.2) is 33.0 Å². The summed E-state index contributed by atoms with van der Waals surface area (Å²) in [7, 11) is 0. The van der Waals surface area contributed by atoms with Gasteiger partial charge in [0, 0.05) is 12.2 Å². The lowest BCUT2D eigenvalue weighted by Crippen LogP contribution is -2.31. The number of carbonyl (C=O) groups is 2. The monoisotopic (exact) mass is 653 g/mol. The molecule has 5 aromatic rings. The average molecular weight is 654 g/mol. The molecule has 1 aliphatic heterocycles. The Morgan fingerprint density at radius 3 is 1.90 bits per heavy atom. The van der Waals surface area contributed by atoms with Crippen LogP contribution < -0.4 is 4.74 Å². The van der Waals surface area contributed by atoms with Gasteiger partial charge in [0.05, 0.1) is 12.2 Å². The number of ether oxygens (including phenoxy) is 2. The summed E-state index contributed by atoms with van der Waals surface area (Å²) in [5.41, 5.74) is 4.43. The van der Waals surface area contributed by atoms with Gasteiger partial charge in [-0.2, -0.15) is 0 Å². The zero-order valence-corrected chi connectivity index (χ0v) is 26.8. The number of amides is 2. The fraction of sp³-hybridized carbons (Fsp3) is 0.150. The molecule has 1 aliphatic rings. The number of oxazole rings is 2. The Morgan fingerprint density at radius 2 is 1.27 bits per heavy atom. The Kier molecular flexibility index (Phi) is 11.1. The molecule has 0 N–H and O–H groups in total. The summed E-state index contributed by atoms with van der Waals surface area (Å²) in [5, 5.41) is 0. The Hall–Kier alpha value is -6.22. The van der Waals surface area contributed by atoms with Gasteiger partial charge in [-0.25, -0.2) is 19.7 Å². The fourth-order valence-corrected chi connectivity index (χ4v) is 5.06. The normalized spacial score (nSPS) is 15.0. The molecule has 6 rings (SSSR count). The molecule has 3 heterocycles. The number of aromatic nitrogens is 2. The van der Waals surface area contributed by atoms with Crippen molar-refractivity contribution >= 4 is 36.3 Å². The van der Waals surface area contributed by atoms with E-state index >= 15 is 0 Å². The molecule has 2 amide bonds. The van der Waals surface area contributed by atoms with E-state index < -0.39 is 12.2 Å². The highest BCUT2D eigenvalue weighted by atomic mass is 16.6. The van der Waals surface area contributed by atoms with Crippen LogP contribution >= 0.6 is 0 Å². The van der Waals surface area contributed by atoms with Gasteiger partial charge in [-0.3, -0.25) is 4.79 Å². The van der Waals surface area contributed by atoms with Gasteiger partial charge >= 0.3 is 6.09 Å². The molecule has 9 nitrogen and oxygen atoms in total. The molecular formula is C40H35N3O6. The van der Waals surface area contributed by atoms with Gasteiger partial charge in [0.15, 0.2) is 6.10 Å². The van der Waals surface area contributed by atoms with E-state index in [0.29, 0.717) is 41.8 Å². The maximum atomic E-state index is 12.9. The smallest absolute Gasteiger partial charge is 0.417 e. The van der Waals surface area contributed by atoms with E-state index in [1.165, 1.54) is 6.26 Å². The lowest BCUT2D eigenvalue weighted by molar-refractivity contribution is -0.130. The standard InChI is InChI=1S/C40H35N3O6/c44-39-36(49-40(45)43(39)26-33-27-47-37(41-33)20-9-7-16-30-12-3-1-4-13-30)19-11-18-32-22-24-35(25-23-32)46-28-34-29-48-38(42-34)21-10-8-17-31-14-5-2-6-15-31/h1-10,12-17,20-25,27,29,36H,11,18-19,26,28H2/b16-7+,17-8+,20-9+,21-10+. The molecule has 0 saturated carbocycles. The number of cyclic esters (lactones) is 1. The lowest BCUT2D eigenvalue weighted by atomic mass is 10.1. The molecule has 0 aliphatic carbocycles. The van der Waals surface area contributed by atoms with Gasteiger partial charge in [0.25, 0.3) is 5.91 Å². The third-order valence-electron chi connectivity index (χ3n) is 7.58. The molecule has 1 unspecified atom stereocenters. The summed E-state index contributed by atoms with van der Waals surface area (Å²) in [6, 6.07) is 27.7. The second-order valence-electron chi connectivity index (χ2n) is 11.2. The molecule has 1 atom stereocenters. The largest absolute Gasteiger partial charge is 0.487 e. The molecule has 0 spiro atoms. The number of benzene rings is 3. The molecule has 246 valence electrons. The van der Waals surface area contributed by atoms with Crippen molar-refractivity contribution in [1.29, 1.82) is 0 Å². The van der Waals surface area contributed by atoms with Crippen molar-refractivity contribution in [2.75, 3.05) is 0 Å². The van der Waals surface area contributed by atoms with Crippen molar-refractivity contribution in [3.8, 4) is 5.75 Å². The van der Waals surface area contributed by atoms with Crippen LogP contribution in [0.3, 0.4) is 0 Å². The first-order valence-corrected chi connectivity index (χ1v) is 16.0. The number of nitrogens with zero attached hydrogens (tertiary/aromatic N) is 3. The maximum Gasteiger partial charge on any atom is 0.417 e. The van der Waals surface area contributed by atoms with E-state index in [-0.39, 0.29) is 19.1 Å². The van der Waals surface area contributed by atoms with Gasteiger partial charge in [-0.15, -0.1) is 0 Å². The van der Waals surface area contributed by atoms with Crippen LogP contribution in [0.2, 0.25) is 0 Å². The lowest BCUT2D eigenvalue weighted by Gasteiger charge is -2.09. The molecule has 1 fully saturated rings. The predicted molar refractivity (Wildman–Crippen MR) is 187 cm³/mol. The molecule has 2 aromatic heterocycles. The van der Waals surface area contributed by atoms with Crippen LogP contribution in [-0.2, 0) is 29.1 Å². The molecular weight excluding hydrogens is 618 g/mol. The van der Waals surface area contributed by atoms with Crippen LogP contribution in [0.5, 0.6) is 5.75 Å². The first-order chi connectivity index (χ1) is 24.1. The van der Waals surface area contributed by atoms with Crippen molar-refractivity contribution in [3.63, 3.8) is 0 Å². The van der Waals surface area contributed by atoms with Crippen LogP contribution in [0.4, 0.5) is 4.79 Å². The summed E-state index contributed by atoms with van der Waals surface area (Å²) < 4.78 is 22.2. The molecule has 9 heteroatoms. The minimum absolute atomic E-state index is 0.00866. The Balaban J connectivity index is 0.901. The van der Waals surface area contributed by atoms with Crippen molar-refractivity contribution in [1.82, 2.24) is 14.9 Å². The number of aryl methyl sites for hydroxylation is 1. The Labute approximate surface area is 284 Å². The second kappa shape index (κ2) is 16.6. The fourth-order valence-electron chi connectivity index (χ4n) is 5.06. The number of allylic oxidation sites excluding steroid dienone is 4. The number of hydrogen-bond donors (Lipinski definition) is 0. The van der Waals surface area contributed by atoms with Gasteiger partial charge < -0.3 is 18.3 Å². The zero-order chi connectivity index (χ0) is 33.7. The number of hydrogen-bond acceptors (Lipinski definition) is 8. The van der Waals surface area contributed by atoms with Gasteiger partial charge in [0.1, 0.15) is 30.6 Å². The maximum absolute atomic E-state index is 12.9. The number of imide groups is 1. The number of rotatable bonds is 15. The van der Waals surface area contributed by atoms with Crippen molar-refractivity contribution in [2.24, 2.45) is 0 Å². The van der Waals surface area contributed by atoms with Crippen LogP contribution in [0.15, 0.2) is 131 Å². The van der Waals surface area contributed by atoms with E-state index in [9.17, 15) is 9.59 Å². The molecule has 1 saturated heterocycles. The number of carbonyl (C=O) groups excluding carboxylic acids is 2. The molecule has 0 bridgehead atoms. The van der Waals surface area contributed by atoms with Crippen LogP contribution in [0.1, 0.15) is 52.7 Å². The van der Waals surface area contributed by atoms with Crippen LogP contribution in [0, 0.1) is 0 Å². The highest BCUT2D eigenvalue weighted by Gasteiger charge is 2.40. The van der Waals surface area contributed by atoms with Crippen LogP contribution in [0.25, 0.3) is 24.3 Å². The summed E-state index contributed by atoms with van der Waals surface area (Å²) in [6.45, 7) is 0.270. The Morgan fingerprint density at radius 1 is 0.694 bits per heavy atom. The van der Waals surface area contributed by atoms with E-state index in [2.05, 4.69) is 9.97 Å². The van der Waals surface area contributed by atoms with E-state index in [0.717, 1.165) is 28.0 Å². The summed E-state index contributed by atoms with van der Waals surface area (Å²) >= 11 is 0. The Bertz CT molecular complexity index is 1940. The summed E-state index contributed by atoms with van der Waals surface area (Å²) in [4.78, 5) is 35.3.